The number of halogens is 5. The van der Waals surface area contributed by atoms with Crippen molar-refractivity contribution in [3.8, 4) is 11.6 Å². The molecule has 0 saturated carbocycles. The molecular formula is C31H33Cl2F3N16. The number of nitrogens with zero attached hydrogens (tertiary/aromatic N) is 13. The van der Waals surface area contributed by atoms with Crippen LogP contribution in [0.15, 0.2) is 85.7 Å². The van der Waals surface area contributed by atoms with Gasteiger partial charge in [-0.1, -0.05) is 37.0 Å². The standard InChI is InChI=1S/C9H9FN4.C8H8FN5.C6H7ClN2.C5H6ClN3.C3H3FN2/c1-2-8-3-4-9(13-12-8)14-6-7(10)5-11-14;9-6-4-11-14(5-6)8-2-1-7(3-10)12-13-8;1-2-5-3-4-6(7)9-8-5;6-5-2-1-4(3-7)8-9-5;4-3-1-5-6-2-3/h3-6H,2H2,1H3;1-2,4-5H,3,10H2;3-4H,2H2,1H3;1-2H,3,7H2;1-2H,(H,5,6). The SMILES string of the molecule is CCc1ccc(-n2cc(F)cn2)nn1.CCc1ccc(Cl)nn1.Fc1cn[nH]c1.NCc1ccc(-n2cc(F)cn2)nn1.NCc1ccc(Cl)nn1. The van der Waals surface area contributed by atoms with E-state index in [2.05, 4.69) is 61.2 Å². The van der Waals surface area contributed by atoms with Gasteiger partial charge < -0.3 is 11.5 Å². The molecule has 0 bridgehead atoms. The molecular weight excluding hydrogens is 724 g/mol. The molecule has 272 valence electrons. The molecule has 5 N–H and O–H groups in total. The predicted octanol–water partition coefficient (Wildman–Crippen LogP) is 4.45. The Bertz CT molecular complexity index is 1840. The van der Waals surface area contributed by atoms with E-state index in [0.717, 1.165) is 48.5 Å². The van der Waals surface area contributed by atoms with E-state index >= 15 is 0 Å². The Morgan fingerprint density at radius 1 is 0.558 bits per heavy atom. The molecule has 0 aliphatic rings. The van der Waals surface area contributed by atoms with Gasteiger partial charge in [0.15, 0.2) is 39.4 Å². The first kappa shape index (κ1) is 40.7. The third-order valence-electron chi connectivity index (χ3n) is 5.97. The summed E-state index contributed by atoms with van der Waals surface area (Å²) >= 11 is 10.9. The van der Waals surface area contributed by atoms with Crippen LogP contribution in [0.4, 0.5) is 13.2 Å². The second-order valence-electron chi connectivity index (χ2n) is 9.70. The van der Waals surface area contributed by atoms with E-state index in [4.69, 9.17) is 34.7 Å². The quantitative estimate of drug-likeness (QED) is 0.214. The molecule has 0 atom stereocenters. The van der Waals surface area contributed by atoms with E-state index in [9.17, 15) is 13.2 Å². The van der Waals surface area contributed by atoms with Gasteiger partial charge >= 0.3 is 0 Å². The van der Waals surface area contributed by atoms with Crippen molar-refractivity contribution in [2.45, 2.75) is 39.8 Å². The number of aryl methyl sites for hydroxylation is 2. The van der Waals surface area contributed by atoms with Crippen LogP contribution in [0, 0.1) is 17.5 Å². The van der Waals surface area contributed by atoms with Crippen molar-refractivity contribution < 1.29 is 13.2 Å². The molecule has 0 aliphatic carbocycles. The fourth-order valence-corrected chi connectivity index (χ4v) is 3.52. The highest BCUT2D eigenvalue weighted by Gasteiger charge is 2.03. The van der Waals surface area contributed by atoms with Crippen LogP contribution in [0.1, 0.15) is 36.6 Å². The van der Waals surface area contributed by atoms with Crippen molar-refractivity contribution in [1.82, 2.24) is 70.5 Å². The van der Waals surface area contributed by atoms with Crippen molar-refractivity contribution in [3.63, 3.8) is 0 Å². The smallest absolute Gasteiger partial charge is 0.175 e. The first-order valence-electron chi connectivity index (χ1n) is 15.2. The van der Waals surface area contributed by atoms with Gasteiger partial charge in [0, 0.05) is 13.1 Å². The van der Waals surface area contributed by atoms with Crippen molar-refractivity contribution in [1.29, 1.82) is 0 Å². The zero-order valence-electron chi connectivity index (χ0n) is 27.8. The molecule has 0 spiro atoms. The van der Waals surface area contributed by atoms with E-state index in [-0.39, 0.29) is 11.6 Å². The van der Waals surface area contributed by atoms with E-state index < -0.39 is 5.82 Å². The van der Waals surface area contributed by atoms with Gasteiger partial charge in [-0.2, -0.15) is 35.7 Å². The topological polar surface area (TPSA) is 219 Å². The molecule has 0 unspecified atom stereocenters. The first-order chi connectivity index (χ1) is 25.1. The highest BCUT2D eigenvalue weighted by Crippen LogP contribution is 2.06. The van der Waals surface area contributed by atoms with E-state index in [1.807, 2.05) is 26.0 Å². The second kappa shape index (κ2) is 22.1. The maximum Gasteiger partial charge on any atom is 0.175 e. The Hall–Kier alpha value is -5.76. The average Bonchev–Trinajstić information content (AvgIpc) is 3.96. The molecule has 52 heavy (non-hydrogen) atoms. The van der Waals surface area contributed by atoms with Crippen molar-refractivity contribution in [3.05, 3.63) is 136 Å². The van der Waals surface area contributed by atoms with Gasteiger partial charge in [-0.15, -0.1) is 20.4 Å². The van der Waals surface area contributed by atoms with E-state index in [0.29, 0.717) is 40.7 Å². The summed E-state index contributed by atoms with van der Waals surface area (Å²) in [5.74, 6) is -0.131. The van der Waals surface area contributed by atoms with Crippen LogP contribution >= 0.6 is 23.2 Å². The Kier molecular flexibility index (Phi) is 17.3. The van der Waals surface area contributed by atoms with E-state index in [1.54, 1.807) is 36.4 Å². The Morgan fingerprint density at radius 2 is 0.981 bits per heavy atom. The summed E-state index contributed by atoms with van der Waals surface area (Å²) in [7, 11) is 0. The highest BCUT2D eigenvalue weighted by molar-refractivity contribution is 6.29. The number of nitrogens with two attached hydrogens (primary N) is 2. The number of hydrogen-bond acceptors (Lipinski definition) is 13. The Balaban J connectivity index is 0.000000181. The third-order valence-corrected chi connectivity index (χ3v) is 6.37. The van der Waals surface area contributed by atoms with Crippen LogP contribution in [-0.2, 0) is 25.9 Å². The molecule has 7 rings (SSSR count). The lowest BCUT2D eigenvalue weighted by Crippen LogP contribution is -2.04. The molecule has 7 aromatic rings. The molecule has 0 fully saturated rings. The summed E-state index contributed by atoms with van der Waals surface area (Å²) in [6.07, 6.45) is 8.76. The van der Waals surface area contributed by atoms with Crippen LogP contribution in [0.2, 0.25) is 10.3 Å². The lowest BCUT2D eigenvalue weighted by molar-refractivity contribution is 0.626. The normalized spacial score (nSPS) is 9.94. The number of nitrogens with one attached hydrogen (secondary N) is 1. The number of aromatic amines is 1. The van der Waals surface area contributed by atoms with Gasteiger partial charge in [0.25, 0.3) is 0 Å². The monoisotopic (exact) mass is 756 g/mol. The van der Waals surface area contributed by atoms with E-state index in [1.165, 1.54) is 28.0 Å². The zero-order chi connectivity index (χ0) is 37.7. The molecule has 7 heterocycles. The summed E-state index contributed by atoms with van der Waals surface area (Å²) in [5.41, 5.74) is 13.9. The summed E-state index contributed by atoms with van der Waals surface area (Å²) in [4.78, 5) is 0. The van der Waals surface area contributed by atoms with Crippen LogP contribution in [0.25, 0.3) is 11.6 Å². The largest absolute Gasteiger partial charge is 0.325 e. The molecule has 0 radical (unpaired) electrons. The van der Waals surface area contributed by atoms with Gasteiger partial charge in [0.2, 0.25) is 0 Å². The number of rotatable bonds is 6. The summed E-state index contributed by atoms with van der Waals surface area (Å²) in [6, 6.07) is 14.0. The van der Waals surface area contributed by atoms with Crippen LogP contribution in [0.5, 0.6) is 0 Å². The minimum absolute atomic E-state index is 0.324. The molecule has 21 heteroatoms. The minimum Gasteiger partial charge on any atom is -0.325 e. The van der Waals surface area contributed by atoms with Gasteiger partial charge in [0.05, 0.1) is 60.0 Å². The second-order valence-corrected chi connectivity index (χ2v) is 10.5. The lowest BCUT2D eigenvalue weighted by Gasteiger charge is -1.98. The van der Waals surface area contributed by atoms with Crippen LogP contribution in [-0.4, -0.2) is 70.5 Å². The number of aromatic nitrogens is 14. The van der Waals surface area contributed by atoms with Crippen molar-refractivity contribution >= 4 is 23.2 Å². The van der Waals surface area contributed by atoms with Crippen molar-refractivity contribution in [2.75, 3.05) is 0 Å². The maximum absolute atomic E-state index is 12.6. The zero-order valence-corrected chi connectivity index (χ0v) is 29.3. The fraction of sp³-hybridized carbons (Fsp3) is 0.194. The summed E-state index contributed by atoms with van der Waals surface area (Å²) < 4.78 is 39.5. The fourth-order valence-electron chi connectivity index (χ4n) is 3.32. The maximum atomic E-state index is 12.6. The van der Waals surface area contributed by atoms with Crippen molar-refractivity contribution in [2.24, 2.45) is 11.5 Å². The first-order valence-corrected chi connectivity index (χ1v) is 16.0. The highest BCUT2D eigenvalue weighted by atomic mass is 35.5. The Morgan fingerprint density at radius 3 is 1.25 bits per heavy atom. The molecule has 7 aromatic heterocycles. The minimum atomic E-state index is -0.408. The van der Waals surface area contributed by atoms with Gasteiger partial charge in [-0.05, 0) is 61.4 Å². The molecule has 0 aromatic carbocycles. The summed E-state index contributed by atoms with van der Waals surface area (Å²) in [5, 5.41) is 44.3. The third kappa shape index (κ3) is 14.6. The summed E-state index contributed by atoms with van der Waals surface area (Å²) in [6.45, 7) is 4.76. The number of H-pyrrole nitrogens is 1. The van der Waals surface area contributed by atoms with Gasteiger partial charge in [-0.3, -0.25) is 5.10 Å². The molecule has 0 saturated heterocycles. The van der Waals surface area contributed by atoms with Gasteiger partial charge in [-0.25, -0.2) is 22.5 Å². The molecule has 0 aliphatic heterocycles. The van der Waals surface area contributed by atoms with Crippen LogP contribution < -0.4 is 11.5 Å². The lowest BCUT2D eigenvalue weighted by atomic mass is 10.3. The number of hydrogen-bond donors (Lipinski definition) is 3. The van der Waals surface area contributed by atoms with Crippen LogP contribution in [0.3, 0.4) is 0 Å². The predicted molar refractivity (Wildman–Crippen MR) is 185 cm³/mol. The molecule has 0 amide bonds. The van der Waals surface area contributed by atoms with Gasteiger partial charge in [0.1, 0.15) is 0 Å². The molecule has 16 nitrogen and oxygen atoms in total. The average molecular weight is 758 g/mol. The Labute approximate surface area is 305 Å².